The molecule has 0 radical (unpaired) electrons. The Bertz CT molecular complexity index is 781. The molecule has 0 aromatic heterocycles. The lowest BCUT2D eigenvalue weighted by molar-refractivity contribution is 0.275. The zero-order valence-electron chi connectivity index (χ0n) is 14.0. The number of benzene rings is 2. The number of nitrogens with zero attached hydrogens (tertiary/aromatic N) is 1. The standard InChI is InChI=1S/C18H21ClFNO3S/c1-21(13-14-24-18-7-3-2-6-17(18)20)25(22,23)16-10-8-15(9-11-16)5-4-12-19/h2-3,6-11H,4-5,12-14H2,1H3. The van der Waals surface area contributed by atoms with Crippen molar-refractivity contribution in [3.05, 3.63) is 59.9 Å². The summed E-state index contributed by atoms with van der Waals surface area (Å²) < 4.78 is 45.1. The highest BCUT2D eigenvalue weighted by atomic mass is 35.5. The van der Waals surface area contributed by atoms with Crippen LogP contribution >= 0.6 is 11.6 Å². The second-order valence-corrected chi connectivity index (χ2v) is 7.96. The summed E-state index contributed by atoms with van der Waals surface area (Å²) in [7, 11) is -2.13. The fourth-order valence-electron chi connectivity index (χ4n) is 2.25. The van der Waals surface area contributed by atoms with Gasteiger partial charge in [-0.3, -0.25) is 0 Å². The van der Waals surface area contributed by atoms with Gasteiger partial charge in [0, 0.05) is 19.5 Å². The molecule has 2 aromatic carbocycles. The topological polar surface area (TPSA) is 46.6 Å². The van der Waals surface area contributed by atoms with Gasteiger partial charge in [0.05, 0.1) is 4.90 Å². The monoisotopic (exact) mass is 385 g/mol. The third-order valence-electron chi connectivity index (χ3n) is 3.73. The van der Waals surface area contributed by atoms with E-state index in [-0.39, 0.29) is 23.8 Å². The summed E-state index contributed by atoms with van der Waals surface area (Å²) in [6.45, 7) is 0.176. The van der Waals surface area contributed by atoms with Crippen molar-refractivity contribution in [1.82, 2.24) is 4.31 Å². The molecule has 0 amide bonds. The van der Waals surface area contributed by atoms with Crippen molar-refractivity contribution in [1.29, 1.82) is 0 Å². The number of para-hydroxylation sites is 1. The fraction of sp³-hybridized carbons (Fsp3) is 0.333. The first-order chi connectivity index (χ1) is 11.9. The summed E-state index contributed by atoms with van der Waals surface area (Å²) in [6.07, 6.45) is 1.66. The Hall–Kier alpha value is -1.63. The lowest BCUT2D eigenvalue weighted by Gasteiger charge is -2.18. The first-order valence-electron chi connectivity index (χ1n) is 7.93. The van der Waals surface area contributed by atoms with Gasteiger partial charge in [-0.1, -0.05) is 24.3 Å². The molecule has 7 heteroatoms. The molecule has 2 aromatic rings. The predicted octanol–water partition coefficient (Wildman–Crippen LogP) is 3.70. The van der Waals surface area contributed by atoms with Crippen LogP contribution in [0.3, 0.4) is 0 Å². The molecule has 2 rings (SSSR count). The Balaban J connectivity index is 1.95. The lowest BCUT2D eigenvalue weighted by atomic mass is 10.1. The molecule has 0 aliphatic rings. The quantitative estimate of drug-likeness (QED) is 0.618. The number of hydrogen-bond donors (Lipinski definition) is 0. The fourth-order valence-corrected chi connectivity index (χ4v) is 3.53. The summed E-state index contributed by atoms with van der Waals surface area (Å²) in [6, 6.07) is 12.8. The number of sulfonamides is 1. The minimum atomic E-state index is -3.61. The van der Waals surface area contributed by atoms with E-state index in [1.54, 1.807) is 36.4 Å². The molecule has 0 saturated heterocycles. The number of ether oxygens (including phenoxy) is 1. The van der Waals surface area contributed by atoms with E-state index in [1.807, 2.05) is 0 Å². The molecule has 136 valence electrons. The number of rotatable bonds is 9. The van der Waals surface area contributed by atoms with Gasteiger partial charge in [0.25, 0.3) is 0 Å². The van der Waals surface area contributed by atoms with Crippen molar-refractivity contribution in [2.24, 2.45) is 0 Å². The Morgan fingerprint density at radius 1 is 1.12 bits per heavy atom. The SMILES string of the molecule is CN(CCOc1ccccc1F)S(=O)(=O)c1ccc(CCCCl)cc1. The smallest absolute Gasteiger partial charge is 0.242 e. The molecule has 0 N–H and O–H groups in total. The number of halogens is 2. The van der Waals surface area contributed by atoms with Gasteiger partial charge >= 0.3 is 0 Å². The zero-order valence-corrected chi connectivity index (χ0v) is 15.6. The van der Waals surface area contributed by atoms with E-state index in [2.05, 4.69) is 0 Å². The summed E-state index contributed by atoms with van der Waals surface area (Å²) in [4.78, 5) is 0.218. The van der Waals surface area contributed by atoms with Gasteiger partial charge < -0.3 is 4.74 Å². The Labute approximate surface area is 153 Å². The predicted molar refractivity (Wildman–Crippen MR) is 97.2 cm³/mol. The molecule has 0 saturated carbocycles. The van der Waals surface area contributed by atoms with E-state index in [9.17, 15) is 12.8 Å². The van der Waals surface area contributed by atoms with Crippen molar-refractivity contribution in [3.8, 4) is 5.75 Å². The van der Waals surface area contributed by atoms with E-state index in [4.69, 9.17) is 16.3 Å². The van der Waals surface area contributed by atoms with Crippen LogP contribution in [0, 0.1) is 5.82 Å². The summed E-state index contributed by atoms with van der Waals surface area (Å²) >= 11 is 5.66. The van der Waals surface area contributed by atoms with Crippen molar-refractivity contribution >= 4 is 21.6 Å². The summed E-state index contributed by atoms with van der Waals surface area (Å²) in [5.41, 5.74) is 1.05. The maximum Gasteiger partial charge on any atom is 0.242 e. The zero-order chi connectivity index (χ0) is 18.3. The van der Waals surface area contributed by atoms with Crippen LogP contribution < -0.4 is 4.74 Å². The van der Waals surface area contributed by atoms with Crippen LogP contribution in [0.2, 0.25) is 0 Å². The van der Waals surface area contributed by atoms with Crippen molar-refractivity contribution in [2.45, 2.75) is 17.7 Å². The maximum atomic E-state index is 13.5. The Morgan fingerprint density at radius 2 is 1.80 bits per heavy atom. The average molecular weight is 386 g/mol. The molecule has 4 nitrogen and oxygen atoms in total. The van der Waals surface area contributed by atoms with Crippen LogP contribution in [0.15, 0.2) is 53.4 Å². The lowest BCUT2D eigenvalue weighted by Crippen LogP contribution is -2.31. The van der Waals surface area contributed by atoms with Gasteiger partial charge in [-0.15, -0.1) is 11.6 Å². The minimum Gasteiger partial charge on any atom is -0.489 e. The van der Waals surface area contributed by atoms with E-state index < -0.39 is 15.8 Å². The van der Waals surface area contributed by atoms with E-state index >= 15 is 0 Å². The number of aryl methyl sites for hydroxylation is 1. The van der Waals surface area contributed by atoms with Gasteiger partial charge in [-0.2, -0.15) is 4.31 Å². The first kappa shape index (κ1) is 19.7. The highest BCUT2D eigenvalue weighted by Gasteiger charge is 2.20. The van der Waals surface area contributed by atoms with Crippen LogP contribution in [-0.2, 0) is 16.4 Å². The van der Waals surface area contributed by atoms with Gasteiger partial charge in [-0.25, -0.2) is 12.8 Å². The normalized spacial score (nSPS) is 11.7. The van der Waals surface area contributed by atoms with Gasteiger partial charge in [0.1, 0.15) is 6.61 Å². The van der Waals surface area contributed by atoms with Gasteiger partial charge in [-0.05, 0) is 42.7 Å². The largest absolute Gasteiger partial charge is 0.489 e. The molecular formula is C18H21ClFNO3S. The van der Waals surface area contributed by atoms with Crippen LogP contribution in [-0.4, -0.2) is 38.8 Å². The molecule has 0 heterocycles. The summed E-state index contributed by atoms with van der Waals surface area (Å²) in [5.74, 6) is 0.211. The molecule has 0 aliphatic carbocycles. The number of alkyl halides is 1. The van der Waals surface area contributed by atoms with Crippen LogP contribution in [0.25, 0.3) is 0 Å². The van der Waals surface area contributed by atoms with Crippen molar-refractivity contribution in [2.75, 3.05) is 26.1 Å². The number of hydrogen-bond acceptors (Lipinski definition) is 3. The Kier molecular flexibility index (Phi) is 7.23. The molecule has 0 fully saturated rings. The number of likely N-dealkylation sites (N-methyl/N-ethyl adjacent to an activating group) is 1. The summed E-state index contributed by atoms with van der Waals surface area (Å²) in [5, 5.41) is 0. The maximum absolute atomic E-state index is 13.5. The van der Waals surface area contributed by atoms with Crippen LogP contribution in [0.1, 0.15) is 12.0 Å². The van der Waals surface area contributed by atoms with Gasteiger partial charge in [0.15, 0.2) is 11.6 Å². The Morgan fingerprint density at radius 3 is 2.44 bits per heavy atom. The highest BCUT2D eigenvalue weighted by Crippen LogP contribution is 2.18. The van der Waals surface area contributed by atoms with Crippen molar-refractivity contribution in [3.63, 3.8) is 0 Å². The van der Waals surface area contributed by atoms with Crippen LogP contribution in [0.4, 0.5) is 4.39 Å². The highest BCUT2D eigenvalue weighted by molar-refractivity contribution is 7.89. The third-order valence-corrected chi connectivity index (χ3v) is 5.87. The van der Waals surface area contributed by atoms with E-state index in [0.29, 0.717) is 5.88 Å². The molecule has 0 atom stereocenters. The molecular weight excluding hydrogens is 365 g/mol. The van der Waals surface area contributed by atoms with Crippen LogP contribution in [0.5, 0.6) is 5.75 Å². The van der Waals surface area contributed by atoms with E-state index in [0.717, 1.165) is 18.4 Å². The molecule has 0 bridgehead atoms. The molecule has 0 unspecified atom stereocenters. The van der Waals surface area contributed by atoms with E-state index in [1.165, 1.54) is 23.5 Å². The second-order valence-electron chi connectivity index (χ2n) is 5.54. The first-order valence-corrected chi connectivity index (χ1v) is 9.91. The molecule has 25 heavy (non-hydrogen) atoms. The minimum absolute atomic E-state index is 0.0600. The second kappa shape index (κ2) is 9.17. The van der Waals surface area contributed by atoms with Gasteiger partial charge in [0.2, 0.25) is 10.0 Å². The third kappa shape index (κ3) is 5.42. The average Bonchev–Trinajstić information content (AvgIpc) is 2.61. The molecule has 0 aliphatic heterocycles. The molecule has 0 spiro atoms. The van der Waals surface area contributed by atoms with Crippen molar-refractivity contribution < 1.29 is 17.5 Å².